The van der Waals surface area contributed by atoms with Gasteiger partial charge in [0.25, 0.3) is 0 Å². The lowest BCUT2D eigenvalue weighted by atomic mass is 10.1. The summed E-state index contributed by atoms with van der Waals surface area (Å²) in [5, 5.41) is 19.2. The Morgan fingerprint density at radius 2 is 1.62 bits per heavy atom. The second-order valence-corrected chi connectivity index (χ2v) is 6.43. The van der Waals surface area contributed by atoms with Crippen molar-refractivity contribution in [1.82, 2.24) is 15.4 Å². The lowest BCUT2D eigenvalue weighted by molar-refractivity contribution is 0.0686. The van der Waals surface area contributed by atoms with Crippen LogP contribution in [0.3, 0.4) is 0 Å². The lowest BCUT2D eigenvalue weighted by Gasteiger charge is -2.02. The van der Waals surface area contributed by atoms with Gasteiger partial charge in [0.1, 0.15) is 5.03 Å². The summed E-state index contributed by atoms with van der Waals surface area (Å²) in [6.45, 7) is 2.25. The molecule has 0 aliphatic heterocycles. The van der Waals surface area contributed by atoms with Crippen LogP contribution in [0.25, 0.3) is 0 Å². The predicted molar refractivity (Wildman–Crippen MR) is 85.9 cm³/mol. The van der Waals surface area contributed by atoms with E-state index in [0.29, 0.717) is 5.03 Å². The molecule has 0 unspecified atom stereocenters. The first-order valence-corrected chi connectivity index (χ1v) is 9.01. The number of aromatic nitrogens is 3. The van der Waals surface area contributed by atoms with Gasteiger partial charge in [0.05, 0.1) is 0 Å². The van der Waals surface area contributed by atoms with E-state index in [2.05, 4.69) is 22.3 Å². The average molecular weight is 313 g/mol. The Balaban J connectivity index is 1.93. The number of rotatable bonds is 13. The highest BCUT2D eigenvalue weighted by atomic mass is 32.2. The summed E-state index contributed by atoms with van der Waals surface area (Å²) in [5.74, 6) is -0.102. The molecule has 0 fully saturated rings. The number of carboxylic acid groups (broad SMARTS) is 1. The van der Waals surface area contributed by atoms with E-state index in [1.807, 2.05) is 0 Å². The fourth-order valence-electron chi connectivity index (χ4n) is 2.22. The van der Waals surface area contributed by atoms with Crippen molar-refractivity contribution in [2.24, 2.45) is 0 Å². The molecule has 0 atom stereocenters. The Morgan fingerprint density at radius 3 is 2.19 bits per heavy atom. The summed E-state index contributed by atoms with van der Waals surface area (Å²) in [6, 6.07) is 0. The van der Waals surface area contributed by atoms with Gasteiger partial charge in [-0.15, -0.1) is 16.9 Å². The van der Waals surface area contributed by atoms with Crippen LogP contribution in [-0.2, 0) is 0 Å². The van der Waals surface area contributed by atoms with E-state index in [4.69, 9.17) is 5.11 Å². The van der Waals surface area contributed by atoms with Crippen molar-refractivity contribution < 1.29 is 9.90 Å². The molecule has 0 saturated carbocycles. The Morgan fingerprint density at radius 1 is 1.05 bits per heavy atom. The minimum absolute atomic E-state index is 0.0343. The Bertz CT molecular complexity index is 396. The number of H-pyrrole nitrogens is 1. The largest absolute Gasteiger partial charge is 0.476 e. The van der Waals surface area contributed by atoms with Gasteiger partial charge < -0.3 is 5.11 Å². The minimum Gasteiger partial charge on any atom is -0.476 e. The third-order valence-corrected chi connectivity index (χ3v) is 4.53. The molecule has 0 spiro atoms. The SMILES string of the molecule is CCCCCCCCCCCCSc1[nH]nnc1C(=O)O. The maximum Gasteiger partial charge on any atom is 0.359 e. The first-order chi connectivity index (χ1) is 10.3. The lowest BCUT2D eigenvalue weighted by Crippen LogP contribution is -1.98. The third kappa shape index (κ3) is 8.09. The van der Waals surface area contributed by atoms with E-state index in [1.54, 1.807) is 0 Å². The van der Waals surface area contributed by atoms with Crippen LogP contribution in [0.15, 0.2) is 5.03 Å². The van der Waals surface area contributed by atoms with E-state index in [1.165, 1.54) is 69.5 Å². The normalized spacial score (nSPS) is 10.9. The highest BCUT2D eigenvalue weighted by Crippen LogP contribution is 2.20. The molecule has 1 rings (SSSR count). The van der Waals surface area contributed by atoms with Gasteiger partial charge in [-0.2, -0.15) is 0 Å². The number of thioether (sulfide) groups is 1. The highest BCUT2D eigenvalue weighted by Gasteiger charge is 2.14. The van der Waals surface area contributed by atoms with Crippen LogP contribution in [0.1, 0.15) is 81.6 Å². The van der Waals surface area contributed by atoms with Crippen LogP contribution in [-0.4, -0.2) is 32.2 Å². The molecule has 0 aliphatic rings. The van der Waals surface area contributed by atoms with Crippen molar-refractivity contribution in [1.29, 1.82) is 0 Å². The summed E-state index contributed by atoms with van der Waals surface area (Å²) < 4.78 is 0. The first kappa shape index (κ1) is 18.0. The van der Waals surface area contributed by atoms with Crippen molar-refractivity contribution >= 4 is 17.7 Å². The first-order valence-electron chi connectivity index (χ1n) is 8.02. The van der Waals surface area contributed by atoms with Crippen molar-refractivity contribution in [3.05, 3.63) is 5.69 Å². The molecule has 1 aromatic heterocycles. The number of carbonyl (C=O) groups is 1. The average Bonchev–Trinajstić information content (AvgIpc) is 2.93. The molecule has 0 aliphatic carbocycles. The number of unbranched alkanes of at least 4 members (excludes halogenated alkanes) is 9. The number of aromatic amines is 1. The monoisotopic (exact) mass is 313 g/mol. The molecule has 21 heavy (non-hydrogen) atoms. The van der Waals surface area contributed by atoms with E-state index >= 15 is 0 Å². The summed E-state index contributed by atoms with van der Waals surface area (Å²) >= 11 is 1.50. The van der Waals surface area contributed by atoms with Gasteiger partial charge in [0.15, 0.2) is 0 Å². The van der Waals surface area contributed by atoms with Crippen molar-refractivity contribution in [2.75, 3.05) is 5.75 Å². The fraction of sp³-hybridized carbons (Fsp3) is 0.800. The van der Waals surface area contributed by atoms with Gasteiger partial charge in [0, 0.05) is 0 Å². The Kier molecular flexibility index (Phi) is 9.95. The molecule has 0 bridgehead atoms. The molecule has 0 radical (unpaired) electrons. The second-order valence-electron chi connectivity index (χ2n) is 5.33. The van der Waals surface area contributed by atoms with Crippen molar-refractivity contribution in [3.63, 3.8) is 0 Å². The molecule has 1 heterocycles. The molecule has 6 heteroatoms. The molecule has 0 amide bonds. The molecule has 2 N–H and O–H groups in total. The van der Waals surface area contributed by atoms with Crippen LogP contribution < -0.4 is 0 Å². The predicted octanol–water partition coefficient (Wildman–Crippen LogP) is 4.52. The third-order valence-electron chi connectivity index (χ3n) is 3.46. The maximum absolute atomic E-state index is 10.8. The molecule has 0 saturated heterocycles. The smallest absolute Gasteiger partial charge is 0.359 e. The van der Waals surface area contributed by atoms with E-state index in [-0.39, 0.29) is 5.69 Å². The number of hydrogen-bond acceptors (Lipinski definition) is 4. The zero-order valence-electron chi connectivity index (χ0n) is 12.9. The Labute approximate surface area is 131 Å². The minimum atomic E-state index is -1.02. The fourth-order valence-corrected chi connectivity index (χ4v) is 3.15. The highest BCUT2D eigenvalue weighted by molar-refractivity contribution is 7.99. The molecule has 0 aromatic carbocycles. The number of carboxylic acids is 1. The summed E-state index contributed by atoms with van der Waals surface area (Å²) in [6.07, 6.45) is 13.1. The van der Waals surface area contributed by atoms with Crippen LogP contribution in [0, 0.1) is 0 Å². The summed E-state index contributed by atoms with van der Waals surface area (Å²) in [4.78, 5) is 10.8. The number of nitrogens with one attached hydrogen (secondary N) is 1. The van der Waals surface area contributed by atoms with Gasteiger partial charge in [-0.05, 0) is 12.2 Å². The van der Waals surface area contributed by atoms with Crippen molar-refractivity contribution in [3.8, 4) is 0 Å². The standard InChI is InChI=1S/C15H27N3O2S/c1-2-3-4-5-6-7-8-9-10-11-12-21-14-13(15(19)20)16-18-17-14/h2-12H2,1H3,(H,19,20)(H,16,17,18). The number of hydrogen-bond donors (Lipinski definition) is 2. The molecule has 5 nitrogen and oxygen atoms in total. The molecular formula is C15H27N3O2S. The molecular weight excluding hydrogens is 286 g/mol. The van der Waals surface area contributed by atoms with Gasteiger partial charge in [0.2, 0.25) is 5.69 Å². The van der Waals surface area contributed by atoms with Gasteiger partial charge in [-0.1, -0.05) is 69.9 Å². The molecule has 1 aromatic rings. The zero-order chi connectivity index (χ0) is 15.3. The topological polar surface area (TPSA) is 78.9 Å². The second kappa shape index (κ2) is 11.6. The number of aromatic carboxylic acids is 1. The van der Waals surface area contributed by atoms with E-state index in [0.717, 1.165) is 12.2 Å². The maximum atomic E-state index is 10.8. The van der Waals surface area contributed by atoms with Crippen LogP contribution in [0.2, 0.25) is 0 Å². The summed E-state index contributed by atoms with van der Waals surface area (Å²) in [5.41, 5.74) is 0.0343. The quantitative estimate of drug-likeness (QED) is 0.413. The number of nitrogens with zero attached hydrogens (tertiary/aromatic N) is 2. The summed E-state index contributed by atoms with van der Waals surface area (Å²) in [7, 11) is 0. The van der Waals surface area contributed by atoms with E-state index < -0.39 is 5.97 Å². The molecule has 120 valence electrons. The Hall–Kier alpha value is -1.04. The van der Waals surface area contributed by atoms with Gasteiger partial charge in [-0.25, -0.2) is 4.79 Å². The van der Waals surface area contributed by atoms with Gasteiger partial charge >= 0.3 is 5.97 Å². The van der Waals surface area contributed by atoms with Crippen LogP contribution in [0.4, 0.5) is 0 Å². The van der Waals surface area contributed by atoms with Crippen LogP contribution >= 0.6 is 11.8 Å². The van der Waals surface area contributed by atoms with Gasteiger partial charge in [-0.3, -0.25) is 5.10 Å². The zero-order valence-corrected chi connectivity index (χ0v) is 13.8. The van der Waals surface area contributed by atoms with E-state index in [9.17, 15) is 4.79 Å². The van der Waals surface area contributed by atoms with Crippen molar-refractivity contribution in [2.45, 2.75) is 76.2 Å². The van der Waals surface area contributed by atoms with Crippen LogP contribution in [0.5, 0.6) is 0 Å².